The van der Waals surface area contributed by atoms with Crippen molar-refractivity contribution in [2.24, 2.45) is 0 Å². The van der Waals surface area contributed by atoms with Gasteiger partial charge in [0, 0.05) is 45.6 Å². The lowest BCUT2D eigenvalue weighted by Gasteiger charge is -2.09. The number of rotatable bonds is 5. The lowest BCUT2D eigenvalue weighted by Crippen LogP contribution is -2.11. The number of hydrogen-bond donors (Lipinski definition) is 2. The molecule has 0 saturated carbocycles. The maximum atomic E-state index is 12.3. The van der Waals surface area contributed by atoms with Crippen molar-refractivity contribution in [3.8, 4) is 11.3 Å². The van der Waals surface area contributed by atoms with Gasteiger partial charge >= 0.3 is 0 Å². The third kappa shape index (κ3) is 4.83. The van der Waals surface area contributed by atoms with Crippen LogP contribution in [0.4, 0.5) is 17.3 Å². The summed E-state index contributed by atoms with van der Waals surface area (Å²) in [5, 5.41) is 6.06. The normalized spacial score (nSPS) is 10.4. The zero-order valence-electron chi connectivity index (χ0n) is 15.2. The summed E-state index contributed by atoms with van der Waals surface area (Å²) in [7, 11) is 0. The lowest BCUT2D eigenvalue weighted by molar-refractivity contribution is 0.102. The number of nitrogens with one attached hydrogen (secondary N) is 2. The van der Waals surface area contributed by atoms with Crippen LogP contribution in [0.3, 0.4) is 0 Å². The molecule has 2 heterocycles. The fraction of sp³-hybridized carbons (Fsp3) is 0. The van der Waals surface area contributed by atoms with E-state index in [1.165, 1.54) is 0 Å². The molecular formula is C22H16BrN5O. The number of anilines is 3. The molecule has 2 N–H and O–H groups in total. The summed E-state index contributed by atoms with van der Waals surface area (Å²) in [5.74, 6) is 0.331. The summed E-state index contributed by atoms with van der Waals surface area (Å²) < 4.78 is 0.930. The molecule has 142 valence electrons. The fourth-order valence-electron chi connectivity index (χ4n) is 2.67. The molecule has 6 nitrogen and oxygen atoms in total. The topological polar surface area (TPSA) is 79.8 Å². The number of amides is 1. The van der Waals surface area contributed by atoms with Gasteiger partial charge in [0.2, 0.25) is 5.95 Å². The first-order valence-electron chi connectivity index (χ1n) is 8.85. The molecule has 2 aromatic heterocycles. The summed E-state index contributed by atoms with van der Waals surface area (Å²) in [6, 6.07) is 20.2. The van der Waals surface area contributed by atoms with Gasteiger partial charge in [-0.25, -0.2) is 9.97 Å². The van der Waals surface area contributed by atoms with Gasteiger partial charge in [-0.1, -0.05) is 15.9 Å². The number of aromatic nitrogens is 3. The van der Waals surface area contributed by atoms with Crippen LogP contribution < -0.4 is 10.6 Å². The van der Waals surface area contributed by atoms with Crippen molar-refractivity contribution < 1.29 is 4.79 Å². The summed E-state index contributed by atoms with van der Waals surface area (Å²) in [6.45, 7) is 0. The Bertz CT molecular complexity index is 1120. The Kier molecular flexibility index (Phi) is 5.58. The Morgan fingerprint density at radius 1 is 0.793 bits per heavy atom. The van der Waals surface area contributed by atoms with Gasteiger partial charge in [-0.2, -0.15) is 0 Å². The molecule has 0 atom stereocenters. The molecule has 0 aliphatic carbocycles. The smallest absolute Gasteiger partial charge is 0.255 e. The van der Waals surface area contributed by atoms with E-state index < -0.39 is 0 Å². The number of carbonyl (C=O) groups excluding carboxylic acids is 1. The predicted octanol–water partition coefficient (Wildman–Crippen LogP) is 5.30. The first-order chi connectivity index (χ1) is 14.2. The van der Waals surface area contributed by atoms with Crippen LogP contribution in [0.25, 0.3) is 11.3 Å². The zero-order chi connectivity index (χ0) is 20.1. The number of hydrogen-bond acceptors (Lipinski definition) is 5. The molecule has 0 aliphatic rings. The van der Waals surface area contributed by atoms with Crippen molar-refractivity contribution in [3.05, 3.63) is 95.4 Å². The van der Waals surface area contributed by atoms with Crippen LogP contribution in [0, 0.1) is 0 Å². The standard InChI is InChI=1S/C22H16BrN5O/c23-17-3-1-16(2-4-17)21(29)26-18-5-7-19(8-6-18)27-22-25-14-11-20(28-22)15-9-12-24-13-10-15/h1-14H,(H,26,29)(H,25,27,28). The molecule has 4 rings (SSSR count). The molecule has 0 aliphatic heterocycles. The van der Waals surface area contributed by atoms with Crippen LogP contribution in [-0.2, 0) is 0 Å². The number of benzene rings is 2. The quantitative estimate of drug-likeness (QED) is 0.435. The van der Waals surface area contributed by atoms with E-state index in [-0.39, 0.29) is 5.91 Å². The van der Waals surface area contributed by atoms with Gasteiger partial charge in [-0.3, -0.25) is 9.78 Å². The van der Waals surface area contributed by atoms with Gasteiger partial charge in [0.05, 0.1) is 5.69 Å². The highest BCUT2D eigenvalue weighted by Crippen LogP contribution is 2.20. The largest absolute Gasteiger partial charge is 0.324 e. The highest BCUT2D eigenvalue weighted by molar-refractivity contribution is 9.10. The monoisotopic (exact) mass is 445 g/mol. The molecule has 7 heteroatoms. The third-order valence-corrected chi connectivity index (χ3v) is 4.67. The van der Waals surface area contributed by atoms with Crippen molar-refractivity contribution in [1.29, 1.82) is 0 Å². The van der Waals surface area contributed by atoms with Crippen molar-refractivity contribution in [3.63, 3.8) is 0 Å². The first kappa shape index (κ1) is 18.8. The van der Waals surface area contributed by atoms with Gasteiger partial charge in [0.15, 0.2) is 0 Å². The molecule has 1 amide bonds. The number of nitrogens with zero attached hydrogens (tertiary/aromatic N) is 3. The predicted molar refractivity (Wildman–Crippen MR) is 117 cm³/mol. The van der Waals surface area contributed by atoms with Crippen LogP contribution in [-0.4, -0.2) is 20.9 Å². The average Bonchev–Trinajstić information content (AvgIpc) is 2.76. The van der Waals surface area contributed by atoms with Crippen LogP contribution >= 0.6 is 15.9 Å². The van der Waals surface area contributed by atoms with Crippen LogP contribution in [0.5, 0.6) is 0 Å². The van der Waals surface area contributed by atoms with E-state index >= 15 is 0 Å². The molecule has 0 unspecified atom stereocenters. The zero-order valence-corrected chi connectivity index (χ0v) is 16.8. The molecule has 0 saturated heterocycles. The van der Waals surface area contributed by atoms with Crippen molar-refractivity contribution >= 4 is 39.2 Å². The lowest BCUT2D eigenvalue weighted by atomic mass is 10.2. The maximum absolute atomic E-state index is 12.3. The van der Waals surface area contributed by atoms with E-state index in [4.69, 9.17) is 0 Å². The number of halogens is 1. The summed E-state index contributed by atoms with van der Waals surface area (Å²) >= 11 is 3.36. The fourth-order valence-corrected chi connectivity index (χ4v) is 2.94. The molecule has 4 aromatic rings. The van der Waals surface area contributed by atoms with E-state index in [9.17, 15) is 4.79 Å². The molecular weight excluding hydrogens is 430 g/mol. The van der Waals surface area contributed by atoms with E-state index in [0.29, 0.717) is 17.2 Å². The summed E-state index contributed by atoms with van der Waals surface area (Å²) in [6.07, 6.45) is 5.16. The van der Waals surface area contributed by atoms with Gasteiger partial charge in [0.25, 0.3) is 5.91 Å². The molecule has 0 spiro atoms. The summed E-state index contributed by atoms with van der Waals surface area (Å²) in [5.41, 5.74) is 3.89. The van der Waals surface area contributed by atoms with Gasteiger partial charge in [-0.05, 0) is 66.7 Å². The second-order valence-corrected chi connectivity index (χ2v) is 7.08. The Hall–Kier alpha value is -3.58. The Balaban J connectivity index is 1.43. The minimum atomic E-state index is -0.161. The van der Waals surface area contributed by atoms with Crippen molar-refractivity contribution in [2.75, 3.05) is 10.6 Å². The van der Waals surface area contributed by atoms with Gasteiger partial charge in [-0.15, -0.1) is 0 Å². The highest BCUT2D eigenvalue weighted by Gasteiger charge is 2.07. The maximum Gasteiger partial charge on any atom is 0.255 e. The van der Waals surface area contributed by atoms with E-state index in [2.05, 4.69) is 41.5 Å². The van der Waals surface area contributed by atoms with E-state index in [0.717, 1.165) is 21.4 Å². The first-order valence-corrected chi connectivity index (χ1v) is 9.64. The molecule has 0 bridgehead atoms. The Morgan fingerprint density at radius 3 is 2.21 bits per heavy atom. The molecule has 0 radical (unpaired) electrons. The molecule has 2 aromatic carbocycles. The van der Waals surface area contributed by atoms with Crippen LogP contribution in [0.2, 0.25) is 0 Å². The Morgan fingerprint density at radius 2 is 1.48 bits per heavy atom. The van der Waals surface area contributed by atoms with E-state index in [1.54, 1.807) is 30.7 Å². The molecule has 0 fully saturated rings. The van der Waals surface area contributed by atoms with Crippen molar-refractivity contribution in [1.82, 2.24) is 15.0 Å². The summed E-state index contributed by atoms with van der Waals surface area (Å²) in [4.78, 5) is 25.1. The third-order valence-electron chi connectivity index (χ3n) is 4.14. The van der Waals surface area contributed by atoms with Crippen LogP contribution in [0.15, 0.2) is 89.8 Å². The minimum absolute atomic E-state index is 0.161. The molecule has 29 heavy (non-hydrogen) atoms. The number of carbonyl (C=O) groups is 1. The van der Waals surface area contributed by atoms with Gasteiger partial charge in [0.1, 0.15) is 0 Å². The van der Waals surface area contributed by atoms with Crippen molar-refractivity contribution in [2.45, 2.75) is 0 Å². The minimum Gasteiger partial charge on any atom is -0.324 e. The van der Waals surface area contributed by atoms with Gasteiger partial charge < -0.3 is 10.6 Å². The second kappa shape index (κ2) is 8.62. The van der Waals surface area contributed by atoms with E-state index in [1.807, 2.05) is 54.6 Å². The van der Waals surface area contributed by atoms with Crippen LogP contribution in [0.1, 0.15) is 10.4 Å². The average molecular weight is 446 g/mol. The number of pyridine rings is 1. The highest BCUT2D eigenvalue weighted by atomic mass is 79.9. The Labute approximate surface area is 176 Å². The second-order valence-electron chi connectivity index (χ2n) is 6.16. The SMILES string of the molecule is O=C(Nc1ccc(Nc2nccc(-c3ccncc3)n2)cc1)c1ccc(Br)cc1.